The van der Waals surface area contributed by atoms with Gasteiger partial charge in [0.2, 0.25) is 0 Å². The normalized spacial score (nSPS) is 10.1. The van der Waals surface area contributed by atoms with Gasteiger partial charge in [-0.2, -0.15) is 0 Å². The molecular formula is C21H23BrN2O3. The van der Waals surface area contributed by atoms with Gasteiger partial charge in [0, 0.05) is 11.0 Å². The first kappa shape index (κ1) is 20.7. The minimum atomic E-state index is -0.341. The summed E-state index contributed by atoms with van der Waals surface area (Å²) in [5.74, 6) is -0.107. The summed E-state index contributed by atoms with van der Waals surface area (Å²) in [6.07, 6.45) is 3.51. The van der Waals surface area contributed by atoms with Crippen molar-refractivity contribution in [2.45, 2.75) is 19.8 Å². The number of carbonyl (C=O) groups excluding carboxylic acids is 2. The molecule has 0 radical (unpaired) electrons. The standard InChI is InChI=1S/C21H23BrN2O3/c1-3-5-13-27-19-11-10-15(22)14-17(19)21(26)24-18-9-7-6-8-16(18)20(25)23-12-4-2/h4,6-11,14H,2-3,5,12-13H2,1H3,(H,23,25)(H,24,26). The lowest BCUT2D eigenvalue weighted by Gasteiger charge is -2.14. The highest BCUT2D eigenvalue weighted by Gasteiger charge is 2.17. The van der Waals surface area contributed by atoms with E-state index in [1.807, 2.05) is 6.07 Å². The first-order valence-corrected chi connectivity index (χ1v) is 9.58. The fraction of sp³-hybridized carbons (Fsp3) is 0.238. The molecule has 0 aliphatic rings. The summed E-state index contributed by atoms with van der Waals surface area (Å²) in [7, 11) is 0. The highest BCUT2D eigenvalue weighted by Crippen LogP contribution is 2.25. The van der Waals surface area contributed by atoms with Gasteiger partial charge >= 0.3 is 0 Å². The Morgan fingerprint density at radius 1 is 1.15 bits per heavy atom. The molecule has 0 bridgehead atoms. The van der Waals surface area contributed by atoms with Crippen molar-refractivity contribution in [1.82, 2.24) is 5.32 Å². The Morgan fingerprint density at radius 3 is 2.67 bits per heavy atom. The van der Waals surface area contributed by atoms with Gasteiger partial charge in [-0.25, -0.2) is 0 Å². The molecule has 0 heterocycles. The minimum absolute atomic E-state index is 0.278. The van der Waals surface area contributed by atoms with Crippen LogP contribution in [0.1, 0.15) is 40.5 Å². The second-order valence-electron chi connectivity index (χ2n) is 5.84. The number of anilines is 1. The molecule has 0 unspecified atom stereocenters. The third kappa shape index (κ3) is 5.96. The number of hydrogen-bond donors (Lipinski definition) is 2. The van der Waals surface area contributed by atoms with E-state index < -0.39 is 0 Å². The van der Waals surface area contributed by atoms with E-state index in [1.54, 1.807) is 42.5 Å². The summed E-state index contributed by atoms with van der Waals surface area (Å²) in [6.45, 7) is 6.55. The molecule has 0 aliphatic heterocycles. The maximum absolute atomic E-state index is 12.8. The number of ether oxygens (including phenoxy) is 1. The van der Waals surface area contributed by atoms with Crippen LogP contribution in [0.5, 0.6) is 5.75 Å². The third-order valence-corrected chi connectivity index (χ3v) is 4.26. The van der Waals surface area contributed by atoms with Crippen molar-refractivity contribution in [3.8, 4) is 5.75 Å². The summed E-state index contributed by atoms with van der Waals surface area (Å²) in [5.41, 5.74) is 1.22. The fourth-order valence-corrected chi connectivity index (χ4v) is 2.73. The summed E-state index contributed by atoms with van der Waals surface area (Å²) >= 11 is 3.39. The quantitative estimate of drug-likeness (QED) is 0.443. The number of rotatable bonds is 9. The maximum atomic E-state index is 12.8. The molecule has 0 aromatic heterocycles. The van der Waals surface area contributed by atoms with Crippen molar-refractivity contribution in [2.75, 3.05) is 18.5 Å². The molecular weight excluding hydrogens is 408 g/mol. The van der Waals surface area contributed by atoms with Gasteiger partial charge in [-0.15, -0.1) is 6.58 Å². The van der Waals surface area contributed by atoms with E-state index in [0.717, 1.165) is 17.3 Å². The van der Waals surface area contributed by atoms with Crippen molar-refractivity contribution in [3.05, 3.63) is 70.7 Å². The highest BCUT2D eigenvalue weighted by molar-refractivity contribution is 9.10. The molecule has 5 nitrogen and oxygen atoms in total. The Kier molecular flexibility index (Phi) is 8.07. The number of hydrogen-bond acceptors (Lipinski definition) is 3. The van der Waals surface area contributed by atoms with Crippen molar-refractivity contribution in [1.29, 1.82) is 0 Å². The van der Waals surface area contributed by atoms with Crippen LogP contribution in [-0.2, 0) is 0 Å². The van der Waals surface area contributed by atoms with Gasteiger partial charge in [-0.3, -0.25) is 9.59 Å². The SMILES string of the molecule is C=CCNC(=O)c1ccccc1NC(=O)c1cc(Br)ccc1OCCCC. The van der Waals surface area contributed by atoms with E-state index in [-0.39, 0.29) is 11.8 Å². The number of nitrogens with one attached hydrogen (secondary N) is 2. The van der Waals surface area contributed by atoms with Crippen LogP contribution in [0.25, 0.3) is 0 Å². The molecule has 2 aromatic carbocycles. The number of carbonyl (C=O) groups is 2. The number of halogens is 1. The second kappa shape index (κ2) is 10.5. The van der Waals surface area contributed by atoms with Crippen LogP contribution in [0.4, 0.5) is 5.69 Å². The molecule has 2 rings (SSSR count). The zero-order chi connectivity index (χ0) is 19.6. The molecule has 0 fully saturated rings. The summed E-state index contributed by atoms with van der Waals surface area (Å²) in [5, 5.41) is 5.53. The first-order chi connectivity index (χ1) is 13.1. The van der Waals surface area contributed by atoms with Crippen LogP contribution < -0.4 is 15.4 Å². The Balaban J connectivity index is 2.24. The zero-order valence-electron chi connectivity index (χ0n) is 15.3. The van der Waals surface area contributed by atoms with Gasteiger partial charge < -0.3 is 15.4 Å². The molecule has 0 atom stereocenters. The van der Waals surface area contributed by atoms with E-state index in [1.165, 1.54) is 0 Å². The molecule has 0 saturated carbocycles. The second-order valence-corrected chi connectivity index (χ2v) is 6.76. The smallest absolute Gasteiger partial charge is 0.259 e. The molecule has 27 heavy (non-hydrogen) atoms. The lowest BCUT2D eigenvalue weighted by atomic mass is 10.1. The molecule has 0 saturated heterocycles. The number of unbranched alkanes of at least 4 members (excludes halogenated alkanes) is 1. The lowest BCUT2D eigenvalue weighted by molar-refractivity contribution is 0.0959. The van der Waals surface area contributed by atoms with Crippen molar-refractivity contribution in [3.63, 3.8) is 0 Å². The predicted molar refractivity (Wildman–Crippen MR) is 111 cm³/mol. The Morgan fingerprint density at radius 2 is 1.93 bits per heavy atom. The molecule has 142 valence electrons. The van der Waals surface area contributed by atoms with Crippen LogP contribution in [0.2, 0.25) is 0 Å². The molecule has 2 N–H and O–H groups in total. The summed E-state index contributed by atoms with van der Waals surface area (Å²) in [6, 6.07) is 12.2. The van der Waals surface area contributed by atoms with Crippen LogP contribution >= 0.6 is 15.9 Å². The van der Waals surface area contributed by atoms with Gasteiger partial charge in [0.05, 0.1) is 23.4 Å². The number of amides is 2. The summed E-state index contributed by atoms with van der Waals surface area (Å²) < 4.78 is 6.52. The van der Waals surface area contributed by atoms with E-state index in [2.05, 4.69) is 40.1 Å². The average molecular weight is 431 g/mol. The highest BCUT2D eigenvalue weighted by atomic mass is 79.9. The van der Waals surface area contributed by atoms with Gasteiger partial charge in [0.1, 0.15) is 5.75 Å². The average Bonchev–Trinajstić information content (AvgIpc) is 2.67. The van der Waals surface area contributed by atoms with Crippen LogP contribution in [0, 0.1) is 0 Å². The van der Waals surface area contributed by atoms with Gasteiger partial charge in [-0.05, 0) is 36.8 Å². The van der Waals surface area contributed by atoms with Gasteiger partial charge in [0.15, 0.2) is 0 Å². The van der Waals surface area contributed by atoms with Crippen molar-refractivity contribution in [2.24, 2.45) is 0 Å². The Bertz CT molecular complexity index is 821. The largest absolute Gasteiger partial charge is 0.493 e. The fourth-order valence-electron chi connectivity index (χ4n) is 2.37. The summed E-state index contributed by atoms with van der Waals surface area (Å²) in [4.78, 5) is 25.1. The minimum Gasteiger partial charge on any atom is -0.493 e. The maximum Gasteiger partial charge on any atom is 0.259 e. The number of para-hydroxylation sites is 1. The Labute approximate surface area is 167 Å². The molecule has 2 aromatic rings. The lowest BCUT2D eigenvalue weighted by Crippen LogP contribution is -2.25. The van der Waals surface area contributed by atoms with Crippen LogP contribution in [-0.4, -0.2) is 25.0 Å². The van der Waals surface area contributed by atoms with E-state index >= 15 is 0 Å². The van der Waals surface area contributed by atoms with Crippen LogP contribution in [0.15, 0.2) is 59.6 Å². The monoisotopic (exact) mass is 430 g/mol. The van der Waals surface area contributed by atoms with E-state index in [0.29, 0.717) is 35.7 Å². The first-order valence-electron chi connectivity index (χ1n) is 8.78. The van der Waals surface area contributed by atoms with Gasteiger partial charge in [-0.1, -0.05) is 47.5 Å². The molecule has 6 heteroatoms. The Hall–Kier alpha value is -2.60. The van der Waals surface area contributed by atoms with Crippen molar-refractivity contribution >= 4 is 33.4 Å². The van der Waals surface area contributed by atoms with Crippen molar-refractivity contribution < 1.29 is 14.3 Å². The molecule has 0 spiro atoms. The number of benzene rings is 2. The van der Waals surface area contributed by atoms with Gasteiger partial charge in [0.25, 0.3) is 11.8 Å². The van der Waals surface area contributed by atoms with Crippen LogP contribution in [0.3, 0.4) is 0 Å². The third-order valence-electron chi connectivity index (χ3n) is 3.77. The molecule has 0 aliphatic carbocycles. The van der Waals surface area contributed by atoms with E-state index in [9.17, 15) is 9.59 Å². The van der Waals surface area contributed by atoms with E-state index in [4.69, 9.17) is 4.74 Å². The predicted octanol–water partition coefficient (Wildman–Crippen LogP) is 4.80. The molecule has 2 amide bonds. The zero-order valence-corrected chi connectivity index (χ0v) is 16.8. The topological polar surface area (TPSA) is 67.4 Å².